The monoisotopic (exact) mass is 798 g/mol. The van der Waals surface area contributed by atoms with Crippen LogP contribution in [0.2, 0.25) is 0 Å². The van der Waals surface area contributed by atoms with E-state index in [2.05, 4.69) is 67.8 Å². The number of carbonyl (C=O) groups is 3. The number of esters is 3. The van der Waals surface area contributed by atoms with Crippen molar-refractivity contribution < 1.29 is 33.3 Å². The van der Waals surface area contributed by atoms with Crippen LogP contribution in [0.1, 0.15) is 46.1 Å². The standard InChI is InChI=1S/C23H29I3O7/c1-22(2,5-6-23(3,4)21(29)33-13-15-12-32-15)20(28)31-8-7-30-19(27)11-16-17(25)9-14(24)10-18(16)26/h9-10,15H,5-8,11-13H2,1-4H3. The highest BCUT2D eigenvalue weighted by molar-refractivity contribution is 14.1. The van der Waals surface area contributed by atoms with Crippen molar-refractivity contribution >= 4 is 85.7 Å². The molecule has 1 heterocycles. The molecule has 0 saturated carbocycles. The van der Waals surface area contributed by atoms with Crippen LogP contribution < -0.4 is 0 Å². The summed E-state index contributed by atoms with van der Waals surface area (Å²) in [4.78, 5) is 37.0. The molecule has 0 aliphatic carbocycles. The molecule has 1 aromatic rings. The number of carbonyl (C=O) groups excluding carboxylic acids is 3. The number of hydrogen-bond donors (Lipinski definition) is 0. The second kappa shape index (κ2) is 12.7. The van der Waals surface area contributed by atoms with Crippen LogP contribution in [0.4, 0.5) is 0 Å². The minimum atomic E-state index is -0.783. The van der Waals surface area contributed by atoms with Crippen molar-refractivity contribution in [3.05, 3.63) is 28.4 Å². The van der Waals surface area contributed by atoms with Crippen LogP contribution in [-0.4, -0.2) is 50.4 Å². The third-order valence-electron chi connectivity index (χ3n) is 5.29. The quantitative estimate of drug-likeness (QED) is 0.0978. The maximum absolute atomic E-state index is 12.5. The first-order valence-corrected chi connectivity index (χ1v) is 13.8. The van der Waals surface area contributed by atoms with Gasteiger partial charge >= 0.3 is 17.9 Å². The Bertz CT molecular complexity index is 856. The maximum atomic E-state index is 12.5. The summed E-state index contributed by atoms with van der Waals surface area (Å²) in [5, 5.41) is 0. The van der Waals surface area contributed by atoms with Gasteiger partial charge in [0.1, 0.15) is 25.9 Å². The maximum Gasteiger partial charge on any atom is 0.311 e. The lowest BCUT2D eigenvalue weighted by Gasteiger charge is -2.28. The van der Waals surface area contributed by atoms with E-state index >= 15 is 0 Å². The molecule has 0 N–H and O–H groups in total. The van der Waals surface area contributed by atoms with Gasteiger partial charge in [-0.05, 0) is 126 Å². The van der Waals surface area contributed by atoms with Gasteiger partial charge in [-0.3, -0.25) is 14.4 Å². The smallest absolute Gasteiger partial charge is 0.311 e. The Hall–Kier alpha value is -0.220. The van der Waals surface area contributed by atoms with Gasteiger partial charge in [0.25, 0.3) is 0 Å². The lowest BCUT2D eigenvalue weighted by molar-refractivity contribution is -0.161. The topological polar surface area (TPSA) is 91.4 Å². The number of hydrogen-bond acceptors (Lipinski definition) is 7. The Kier molecular flexibility index (Phi) is 11.1. The van der Waals surface area contributed by atoms with Crippen LogP contribution in [0.25, 0.3) is 0 Å². The van der Waals surface area contributed by atoms with Gasteiger partial charge in [0.2, 0.25) is 0 Å². The largest absolute Gasteiger partial charge is 0.462 e. The minimum Gasteiger partial charge on any atom is -0.462 e. The first kappa shape index (κ1) is 29.0. The van der Waals surface area contributed by atoms with Crippen LogP contribution in [0, 0.1) is 21.5 Å². The van der Waals surface area contributed by atoms with Gasteiger partial charge in [-0.1, -0.05) is 0 Å². The molecule has 10 heteroatoms. The minimum absolute atomic E-state index is 0.000758. The van der Waals surface area contributed by atoms with E-state index in [9.17, 15) is 14.4 Å². The second-order valence-corrected chi connectivity index (χ2v) is 12.8. The number of epoxide rings is 1. The van der Waals surface area contributed by atoms with Crippen molar-refractivity contribution in [3.8, 4) is 0 Å². The van der Waals surface area contributed by atoms with Gasteiger partial charge in [-0.15, -0.1) is 0 Å². The molecule has 1 aliphatic rings. The SMILES string of the molecule is CC(C)(CCC(C)(C)C(=O)OCC1CO1)C(=O)OCCOC(=O)Cc1c(I)cc(I)cc1I. The lowest BCUT2D eigenvalue weighted by Crippen LogP contribution is -2.33. The Morgan fingerprint density at radius 2 is 1.39 bits per heavy atom. The highest BCUT2D eigenvalue weighted by atomic mass is 127. The molecule has 1 aromatic carbocycles. The Morgan fingerprint density at radius 1 is 0.909 bits per heavy atom. The summed E-state index contributed by atoms with van der Waals surface area (Å²) in [6, 6.07) is 4.02. The fourth-order valence-electron chi connectivity index (χ4n) is 2.78. The van der Waals surface area contributed by atoms with E-state index in [0.29, 0.717) is 19.4 Å². The van der Waals surface area contributed by atoms with Gasteiger partial charge in [-0.25, -0.2) is 0 Å². The lowest BCUT2D eigenvalue weighted by atomic mass is 9.79. The third kappa shape index (κ3) is 9.74. The van der Waals surface area contributed by atoms with Gasteiger partial charge in [0, 0.05) is 10.7 Å². The average Bonchev–Trinajstić information content (AvgIpc) is 3.55. The Balaban J connectivity index is 1.71. The molecule has 1 aliphatic heterocycles. The molecule has 0 amide bonds. The van der Waals surface area contributed by atoms with Crippen LogP contribution in [0.3, 0.4) is 0 Å². The van der Waals surface area contributed by atoms with E-state index in [1.54, 1.807) is 27.7 Å². The van der Waals surface area contributed by atoms with Crippen LogP contribution in [-0.2, 0) is 39.8 Å². The summed E-state index contributed by atoms with van der Waals surface area (Å²) < 4.78 is 24.1. The zero-order valence-corrected chi connectivity index (χ0v) is 25.6. The highest BCUT2D eigenvalue weighted by Crippen LogP contribution is 2.33. The molecule has 184 valence electrons. The van der Waals surface area contributed by atoms with Crippen molar-refractivity contribution in [2.24, 2.45) is 10.8 Å². The van der Waals surface area contributed by atoms with E-state index in [4.69, 9.17) is 18.9 Å². The first-order valence-electron chi connectivity index (χ1n) is 10.6. The van der Waals surface area contributed by atoms with Crippen LogP contribution in [0.15, 0.2) is 12.1 Å². The Labute approximate surface area is 235 Å². The van der Waals surface area contributed by atoms with Gasteiger partial charge in [0.05, 0.1) is 23.9 Å². The van der Waals surface area contributed by atoms with Crippen LogP contribution >= 0.6 is 67.8 Å². The molecular weight excluding hydrogens is 769 g/mol. The van der Waals surface area contributed by atoms with Crippen LogP contribution in [0.5, 0.6) is 0 Å². The fourth-order valence-corrected chi connectivity index (χ4v) is 6.74. The number of rotatable bonds is 12. The third-order valence-corrected chi connectivity index (χ3v) is 7.84. The van der Waals surface area contributed by atoms with E-state index in [1.807, 2.05) is 12.1 Å². The van der Waals surface area contributed by atoms with Gasteiger partial charge in [0.15, 0.2) is 0 Å². The molecule has 7 nitrogen and oxygen atoms in total. The molecule has 1 atom stereocenters. The van der Waals surface area contributed by atoms with Crippen molar-refractivity contribution in [2.75, 3.05) is 26.4 Å². The summed E-state index contributed by atoms with van der Waals surface area (Å²) in [5.74, 6) is -1.05. The van der Waals surface area contributed by atoms with E-state index in [1.165, 1.54) is 0 Å². The number of ether oxygens (including phenoxy) is 4. The summed E-state index contributed by atoms with van der Waals surface area (Å²) in [7, 11) is 0. The molecule has 2 rings (SSSR count). The summed E-state index contributed by atoms with van der Waals surface area (Å²) in [6.45, 7) is 8.06. The van der Waals surface area contributed by atoms with E-state index in [-0.39, 0.29) is 44.3 Å². The number of benzene rings is 1. The highest BCUT2D eigenvalue weighted by Gasteiger charge is 2.37. The molecular formula is C23H29I3O7. The fraction of sp³-hybridized carbons (Fsp3) is 0.609. The zero-order chi connectivity index (χ0) is 24.8. The van der Waals surface area contributed by atoms with Gasteiger partial charge in [-0.2, -0.15) is 0 Å². The molecule has 0 radical (unpaired) electrons. The predicted octanol–water partition coefficient (Wildman–Crippen LogP) is 4.90. The molecule has 1 unspecified atom stereocenters. The predicted molar refractivity (Wildman–Crippen MR) is 148 cm³/mol. The van der Waals surface area contributed by atoms with Crippen molar-refractivity contribution in [1.82, 2.24) is 0 Å². The summed E-state index contributed by atoms with van der Waals surface area (Å²) in [6.07, 6.45) is 1.12. The molecule has 33 heavy (non-hydrogen) atoms. The zero-order valence-electron chi connectivity index (χ0n) is 19.2. The second-order valence-electron chi connectivity index (χ2n) is 9.20. The van der Waals surface area contributed by atoms with Crippen molar-refractivity contribution in [1.29, 1.82) is 0 Å². The van der Waals surface area contributed by atoms with E-state index < -0.39 is 16.8 Å². The average molecular weight is 798 g/mol. The van der Waals surface area contributed by atoms with Gasteiger partial charge < -0.3 is 18.9 Å². The van der Waals surface area contributed by atoms with E-state index in [0.717, 1.165) is 16.3 Å². The molecule has 1 fully saturated rings. The van der Waals surface area contributed by atoms with Crippen molar-refractivity contribution in [3.63, 3.8) is 0 Å². The summed E-state index contributed by atoms with van der Waals surface area (Å²) >= 11 is 6.67. The molecule has 1 saturated heterocycles. The first-order chi connectivity index (χ1) is 15.3. The molecule has 0 aromatic heterocycles. The molecule has 0 spiro atoms. The molecule has 0 bridgehead atoms. The normalized spacial score (nSPS) is 15.7. The van der Waals surface area contributed by atoms with Crippen molar-refractivity contribution in [2.45, 2.75) is 53.1 Å². The Morgan fingerprint density at radius 3 is 1.91 bits per heavy atom. The number of halogens is 3. The summed E-state index contributed by atoms with van der Waals surface area (Å²) in [5.41, 5.74) is -0.563.